The van der Waals surface area contributed by atoms with Crippen molar-refractivity contribution in [2.24, 2.45) is 0 Å². The molecule has 0 unspecified atom stereocenters. The summed E-state index contributed by atoms with van der Waals surface area (Å²) in [7, 11) is 0. The van der Waals surface area contributed by atoms with Gasteiger partial charge >= 0.3 is 5.97 Å². The number of rotatable bonds is 7. The van der Waals surface area contributed by atoms with Gasteiger partial charge in [0.05, 0.1) is 17.2 Å². The molecule has 3 rings (SSSR count). The summed E-state index contributed by atoms with van der Waals surface area (Å²) in [4.78, 5) is 25.4. The van der Waals surface area contributed by atoms with Crippen LogP contribution in [0.5, 0.6) is 17.2 Å². The van der Waals surface area contributed by atoms with Gasteiger partial charge in [-0.1, -0.05) is 11.6 Å². The third kappa shape index (κ3) is 4.55. The number of carbonyl (C=O) groups excluding carboxylic acids is 1. The fourth-order valence-corrected chi connectivity index (χ4v) is 2.86. The minimum absolute atomic E-state index is 0.0293. The van der Waals surface area contributed by atoms with Gasteiger partial charge in [-0.3, -0.25) is 4.79 Å². The van der Waals surface area contributed by atoms with Gasteiger partial charge in [-0.2, -0.15) is 0 Å². The highest BCUT2D eigenvalue weighted by atomic mass is 35.5. The number of aliphatic hydroxyl groups is 1. The van der Waals surface area contributed by atoms with Crippen molar-refractivity contribution in [3.63, 3.8) is 0 Å². The Morgan fingerprint density at radius 2 is 1.86 bits per heavy atom. The molecule has 0 radical (unpaired) electrons. The Morgan fingerprint density at radius 3 is 2.43 bits per heavy atom. The molecule has 2 aromatic rings. The SMILES string of the molecule is C[C@@H](CO)Oc1cc(Oc2ccc(C(=O)N3CCC3)cc2Cl)cc(C(=O)O)c1. The summed E-state index contributed by atoms with van der Waals surface area (Å²) in [5.74, 6) is -0.485. The first-order chi connectivity index (χ1) is 13.4. The summed E-state index contributed by atoms with van der Waals surface area (Å²) in [5, 5.41) is 18.7. The van der Waals surface area contributed by atoms with Crippen molar-refractivity contribution in [2.45, 2.75) is 19.4 Å². The molecule has 1 heterocycles. The largest absolute Gasteiger partial charge is 0.488 e. The van der Waals surface area contributed by atoms with Crippen molar-refractivity contribution in [2.75, 3.05) is 19.7 Å². The van der Waals surface area contributed by atoms with Crippen LogP contribution >= 0.6 is 11.6 Å². The molecule has 28 heavy (non-hydrogen) atoms. The number of aromatic carboxylic acids is 1. The quantitative estimate of drug-likeness (QED) is 0.732. The molecule has 148 valence electrons. The van der Waals surface area contributed by atoms with Gasteiger partial charge in [-0.25, -0.2) is 4.79 Å². The van der Waals surface area contributed by atoms with E-state index in [1.165, 1.54) is 24.3 Å². The van der Waals surface area contributed by atoms with E-state index >= 15 is 0 Å². The van der Waals surface area contributed by atoms with Gasteiger partial charge in [0.15, 0.2) is 0 Å². The van der Waals surface area contributed by atoms with Gasteiger partial charge in [0.1, 0.15) is 23.4 Å². The Balaban J connectivity index is 1.83. The first-order valence-electron chi connectivity index (χ1n) is 8.80. The molecule has 0 aromatic heterocycles. The van der Waals surface area contributed by atoms with Gasteiger partial charge < -0.3 is 24.6 Å². The van der Waals surface area contributed by atoms with E-state index < -0.39 is 12.1 Å². The summed E-state index contributed by atoms with van der Waals surface area (Å²) in [5.41, 5.74) is 0.440. The molecule has 1 aliphatic heterocycles. The first kappa shape index (κ1) is 20.0. The Hall–Kier alpha value is -2.77. The van der Waals surface area contributed by atoms with Crippen LogP contribution in [-0.4, -0.2) is 52.8 Å². The summed E-state index contributed by atoms with van der Waals surface area (Å²) < 4.78 is 11.2. The van der Waals surface area contributed by atoms with Crippen LogP contribution in [0.25, 0.3) is 0 Å². The molecular formula is C20H20ClNO6. The molecule has 1 fully saturated rings. The van der Waals surface area contributed by atoms with Gasteiger partial charge in [0.2, 0.25) is 0 Å². The van der Waals surface area contributed by atoms with E-state index in [1.807, 2.05) is 0 Å². The lowest BCUT2D eigenvalue weighted by molar-refractivity contribution is 0.0650. The second kappa shape index (κ2) is 8.50. The standard InChI is InChI=1S/C20H20ClNO6/c1-12(11-23)27-15-7-14(20(25)26)8-16(10-15)28-18-4-3-13(9-17(18)21)19(24)22-5-2-6-22/h3-4,7-10,12,23H,2,5-6,11H2,1H3,(H,25,26)/t12-/m0/s1. The Morgan fingerprint density at radius 1 is 1.14 bits per heavy atom. The second-order valence-electron chi connectivity index (χ2n) is 6.50. The van der Waals surface area contributed by atoms with Crippen molar-refractivity contribution in [1.29, 1.82) is 0 Å². The van der Waals surface area contributed by atoms with Crippen molar-refractivity contribution in [3.8, 4) is 17.2 Å². The molecule has 0 aliphatic carbocycles. The molecule has 0 bridgehead atoms. The lowest BCUT2D eigenvalue weighted by Gasteiger charge is -2.31. The van der Waals surface area contributed by atoms with Gasteiger partial charge in [0.25, 0.3) is 5.91 Å². The number of hydrogen-bond donors (Lipinski definition) is 2. The van der Waals surface area contributed by atoms with Crippen LogP contribution in [0.3, 0.4) is 0 Å². The zero-order valence-electron chi connectivity index (χ0n) is 15.2. The summed E-state index contributed by atoms with van der Waals surface area (Å²) in [6, 6.07) is 8.91. The molecule has 1 amide bonds. The van der Waals surface area contributed by atoms with Crippen LogP contribution in [0.1, 0.15) is 34.1 Å². The predicted molar refractivity (Wildman–Crippen MR) is 103 cm³/mol. The number of ether oxygens (including phenoxy) is 2. The number of carbonyl (C=O) groups is 2. The van der Waals surface area contributed by atoms with Crippen molar-refractivity contribution >= 4 is 23.5 Å². The molecule has 2 aromatic carbocycles. The van der Waals surface area contributed by atoms with Gasteiger partial charge in [0, 0.05) is 24.7 Å². The first-order valence-corrected chi connectivity index (χ1v) is 9.17. The number of benzene rings is 2. The van der Waals surface area contributed by atoms with E-state index in [2.05, 4.69) is 0 Å². The summed E-state index contributed by atoms with van der Waals surface area (Å²) >= 11 is 6.26. The number of amides is 1. The van der Waals surface area contributed by atoms with E-state index in [1.54, 1.807) is 24.0 Å². The minimum atomic E-state index is -1.14. The number of halogens is 1. The molecule has 2 N–H and O–H groups in total. The van der Waals surface area contributed by atoms with Crippen LogP contribution in [0.2, 0.25) is 5.02 Å². The smallest absolute Gasteiger partial charge is 0.335 e. The molecule has 1 saturated heterocycles. The van der Waals surface area contributed by atoms with Gasteiger partial charge in [-0.15, -0.1) is 0 Å². The average molecular weight is 406 g/mol. The highest BCUT2D eigenvalue weighted by Crippen LogP contribution is 2.33. The van der Waals surface area contributed by atoms with Crippen molar-refractivity contribution in [1.82, 2.24) is 4.90 Å². The lowest BCUT2D eigenvalue weighted by atomic mass is 10.1. The maximum absolute atomic E-state index is 12.3. The number of nitrogens with zero attached hydrogens (tertiary/aromatic N) is 1. The number of carboxylic acid groups (broad SMARTS) is 1. The second-order valence-corrected chi connectivity index (χ2v) is 6.91. The maximum Gasteiger partial charge on any atom is 0.335 e. The number of hydrogen-bond acceptors (Lipinski definition) is 5. The van der Waals surface area contributed by atoms with E-state index in [9.17, 15) is 14.7 Å². The third-order valence-electron chi connectivity index (χ3n) is 4.27. The highest BCUT2D eigenvalue weighted by Gasteiger charge is 2.22. The van der Waals surface area contributed by atoms with Gasteiger partial charge in [-0.05, 0) is 43.7 Å². The molecule has 7 nitrogen and oxygen atoms in total. The number of likely N-dealkylation sites (tertiary alicyclic amines) is 1. The van der Waals surface area contributed by atoms with E-state index in [0.717, 1.165) is 19.5 Å². The van der Waals surface area contributed by atoms with Crippen molar-refractivity contribution in [3.05, 3.63) is 52.5 Å². The topological polar surface area (TPSA) is 96.3 Å². The third-order valence-corrected chi connectivity index (χ3v) is 4.57. The lowest BCUT2D eigenvalue weighted by Crippen LogP contribution is -2.41. The minimum Gasteiger partial charge on any atom is -0.488 e. The van der Waals surface area contributed by atoms with Crippen molar-refractivity contribution < 1.29 is 29.3 Å². The highest BCUT2D eigenvalue weighted by molar-refractivity contribution is 6.32. The maximum atomic E-state index is 12.3. The van der Waals surface area contributed by atoms with E-state index in [4.69, 9.17) is 26.2 Å². The Bertz CT molecular complexity index is 896. The molecule has 1 atom stereocenters. The van der Waals surface area contributed by atoms with E-state index in [0.29, 0.717) is 5.56 Å². The predicted octanol–water partition coefficient (Wildman–Crippen LogP) is 3.44. The summed E-state index contributed by atoms with van der Waals surface area (Å²) in [6.07, 6.45) is 0.493. The van der Waals surface area contributed by atoms with Crippen LogP contribution in [0.15, 0.2) is 36.4 Å². The number of carboxylic acids is 1. The molecule has 0 saturated carbocycles. The van der Waals surface area contributed by atoms with Crippen LogP contribution in [0.4, 0.5) is 0 Å². The fraction of sp³-hybridized carbons (Fsp3) is 0.300. The molecule has 8 heteroatoms. The molecular weight excluding hydrogens is 386 g/mol. The fourth-order valence-electron chi connectivity index (χ4n) is 2.64. The average Bonchev–Trinajstić information content (AvgIpc) is 2.61. The normalized spacial score (nSPS) is 14.2. The van der Waals surface area contributed by atoms with E-state index in [-0.39, 0.29) is 40.3 Å². The van der Waals surface area contributed by atoms with Crippen LogP contribution < -0.4 is 9.47 Å². The number of aliphatic hydroxyl groups excluding tert-OH is 1. The Labute approximate surface area is 167 Å². The zero-order chi connectivity index (χ0) is 20.3. The monoisotopic (exact) mass is 405 g/mol. The Kier molecular flexibility index (Phi) is 6.06. The molecule has 1 aliphatic rings. The zero-order valence-corrected chi connectivity index (χ0v) is 16.0. The summed E-state index contributed by atoms with van der Waals surface area (Å²) in [6.45, 7) is 2.92. The van der Waals surface area contributed by atoms with Crippen LogP contribution in [0, 0.1) is 0 Å². The van der Waals surface area contributed by atoms with Crippen LogP contribution in [-0.2, 0) is 0 Å². The molecule has 0 spiro atoms.